The number of benzene rings is 8. The van der Waals surface area contributed by atoms with Gasteiger partial charge < -0.3 is 59.7 Å². The quantitative estimate of drug-likeness (QED) is 0.0125. The number of carboxylic acid groups (broad SMARTS) is 1. The smallest absolute Gasteiger partial charge is 0.407 e. The van der Waals surface area contributed by atoms with E-state index in [2.05, 4.69) is 54.6 Å². The second-order valence-electron chi connectivity index (χ2n) is 32.0. The van der Waals surface area contributed by atoms with E-state index >= 15 is 0 Å². The van der Waals surface area contributed by atoms with Crippen LogP contribution in [0.2, 0.25) is 0 Å². The number of rotatable bonds is 19. The van der Waals surface area contributed by atoms with Gasteiger partial charge in [0.15, 0.2) is 0 Å². The lowest BCUT2D eigenvalue weighted by Crippen LogP contribution is -2.57. The molecule has 6 aliphatic rings. The molecule has 0 unspecified atom stereocenters. The van der Waals surface area contributed by atoms with Crippen molar-refractivity contribution in [3.05, 3.63) is 260 Å². The molecule has 8 aromatic rings. The Bertz CT molecular complexity index is 4780. The molecule has 8 aromatic carbocycles. The molecule has 3 fully saturated rings. The molecule has 14 rings (SSSR count). The maximum absolute atomic E-state index is 13.0. The lowest BCUT2D eigenvalue weighted by Gasteiger charge is -2.49. The average Bonchev–Trinajstić information content (AvgIpc) is 0.746. The van der Waals surface area contributed by atoms with Crippen molar-refractivity contribution in [3.63, 3.8) is 0 Å². The molecule has 22 heteroatoms. The molecule has 3 saturated carbocycles. The van der Waals surface area contributed by atoms with Crippen LogP contribution in [0, 0.1) is 17.8 Å². The Labute approximate surface area is 697 Å². The van der Waals surface area contributed by atoms with Gasteiger partial charge >= 0.3 is 42.0 Å². The number of nitrogens with zero attached hydrogens (tertiary/aromatic N) is 1. The molecule has 6 aliphatic carbocycles. The van der Waals surface area contributed by atoms with Crippen LogP contribution in [0.5, 0.6) is 17.2 Å². The van der Waals surface area contributed by atoms with E-state index in [-0.39, 0.29) is 103 Å². The number of carbonyl (C=O) groups is 8. The topological polar surface area (TPSA) is 321 Å². The van der Waals surface area contributed by atoms with Crippen molar-refractivity contribution in [1.82, 2.24) is 10.6 Å². The normalized spacial score (nSPS) is 21.5. The van der Waals surface area contributed by atoms with Crippen LogP contribution in [0.4, 0.5) is 15.3 Å². The summed E-state index contributed by atoms with van der Waals surface area (Å²) in [6.07, 6.45) is 20.7. The molecule has 119 heavy (non-hydrogen) atoms. The summed E-state index contributed by atoms with van der Waals surface area (Å²) in [7, 11) is 0. The summed E-state index contributed by atoms with van der Waals surface area (Å²) in [6.45, 7) is 13.2. The first-order valence-corrected chi connectivity index (χ1v) is 41.7. The van der Waals surface area contributed by atoms with Crippen LogP contribution in [-0.4, -0.2) is 103 Å². The van der Waals surface area contributed by atoms with Crippen LogP contribution >= 0.6 is 0 Å². The predicted molar refractivity (Wildman–Crippen MR) is 451 cm³/mol. The number of nitrogens with one attached hydrogen (secondary N) is 2. The zero-order chi connectivity index (χ0) is 84.9. The Morgan fingerprint density at radius 1 is 0.454 bits per heavy atom. The Kier molecular flexibility index (Phi) is 32.9. The van der Waals surface area contributed by atoms with Gasteiger partial charge in [-0.15, -0.1) is 0 Å². The highest BCUT2D eigenvalue weighted by Crippen LogP contribution is 2.51. The fourth-order valence-electron chi connectivity index (χ4n) is 18.0. The lowest BCUT2D eigenvalue weighted by molar-refractivity contribution is -0.134. The van der Waals surface area contributed by atoms with Gasteiger partial charge in [-0.05, 0) is 237 Å². The molecule has 6 bridgehead atoms. The molecule has 0 radical (unpaired) electrons. The molecule has 9 atom stereocenters. The molecule has 0 aromatic heterocycles. The number of aliphatic imine (C=N–C) groups is 1. The molecular formula is C97H112N4O18. The monoisotopic (exact) mass is 1620 g/mol. The molecule has 628 valence electrons. The zero-order valence-corrected chi connectivity index (χ0v) is 69.1. The van der Waals surface area contributed by atoms with Gasteiger partial charge in [-0.2, -0.15) is 4.99 Å². The van der Waals surface area contributed by atoms with E-state index in [0.29, 0.717) is 77.2 Å². The largest absolute Gasteiger partial charge is 0.508 e. The summed E-state index contributed by atoms with van der Waals surface area (Å²) >= 11 is 0. The van der Waals surface area contributed by atoms with Crippen LogP contribution in [0.25, 0.3) is 0 Å². The third kappa shape index (κ3) is 24.2. The average molecular weight is 1620 g/mol. The Morgan fingerprint density at radius 2 is 0.815 bits per heavy atom. The van der Waals surface area contributed by atoms with Gasteiger partial charge in [-0.1, -0.05) is 182 Å². The second kappa shape index (κ2) is 43.6. The maximum Gasteiger partial charge on any atom is 0.407 e. The molecule has 0 saturated heterocycles. The SMILES string of the molecule is CCOC(=O)c1ccc(CC(=O)Oc2ccc3c(c2)[C@@]2(C)CCCCC[C@@H](C3)[C@@H]2N)cc1.CCOC(=O)c1ccc(CC(=O)Oc2ccc3c(c2)[C@@]2(C)CCCCC[C@@H](C3)[C@@H]2NC(=O)OCc2ccccc2)cc1.CCOC(=O)c1ccc(N=C=O)cc1.C[C@@]12CCCCC[C@@H](Cc3ccc(O)cc31)[C@@H]2NC(=O)OCc1ccccc1.O=CO. The number of hydrogen-bond donors (Lipinski definition) is 5. The number of aromatic hydroxyl groups is 1. The van der Waals surface area contributed by atoms with Gasteiger partial charge in [0.2, 0.25) is 6.08 Å². The molecular weight excluding hydrogens is 1510 g/mol. The van der Waals surface area contributed by atoms with Gasteiger partial charge in [0.1, 0.15) is 30.5 Å². The highest BCUT2D eigenvalue weighted by Gasteiger charge is 2.49. The van der Waals surface area contributed by atoms with Crippen molar-refractivity contribution in [3.8, 4) is 17.2 Å². The van der Waals surface area contributed by atoms with Crippen LogP contribution in [0.15, 0.2) is 193 Å². The first kappa shape index (κ1) is 89.6. The number of amides is 2. The minimum atomic E-state index is -0.402. The van der Waals surface area contributed by atoms with Crippen molar-refractivity contribution in [2.45, 2.75) is 218 Å². The summed E-state index contributed by atoms with van der Waals surface area (Å²) in [5.41, 5.74) is 18.9. The van der Waals surface area contributed by atoms with E-state index in [1.807, 2.05) is 91.0 Å². The van der Waals surface area contributed by atoms with E-state index in [1.165, 1.54) is 72.4 Å². The fraction of sp³-hybridized carbons (Fsp3) is 0.412. The highest BCUT2D eigenvalue weighted by molar-refractivity contribution is 5.91. The minimum absolute atomic E-state index is 0.0189. The van der Waals surface area contributed by atoms with Crippen LogP contribution < -0.4 is 25.8 Å². The van der Waals surface area contributed by atoms with E-state index < -0.39 is 6.09 Å². The molecule has 0 heterocycles. The number of hydrogen-bond acceptors (Lipinski definition) is 19. The Morgan fingerprint density at radius 3 is 1.22 bits per heavy atom. The minimum Gasteiger partial charge on any atom is -0.508 e. The van der Waals surface area contributed by atoms with E-state index in [0.717, 1.165) is 105 Å². The molecule has 22 nitrogen and oxygen atoms in total. The molecule has 0 spiro atoms. The fourth-order valence-corrected chi connectivity index (χ4v) is 18.0. The summed E-state index contributed by atoms with van der Waals surface area (Å²) in [5.74, 6) is 0.759. The van der Waals surface area contributed by atoms with E-state index in [4.69, 9.17) is 48.8 Å². The number of ether oxygens (including phenoxy) is 7. The Hall–Kier alpha value is -11.7. The van der Waals surface area contributed by atoms with Crippen molar-refractivity contribution in [1.29, 1.82) is 0 Å². The van der Waals surface area contributed by atoms with Crippen LogP contribution in [-0.2, 0) is 104 Å². The first-order valence-electron chi connectivity index (χ1n) is 41.7. The van der Waals surface area contributed by atoms with Gasteiger partial charge in [-0.3, -0.25) is 14.4 Å². The van der Waals surface area contributed by atoms with Gasteiger partial charge in [-0.25, -0.2) is 28.8 Å². The number of phenols is 1. The predicted octanol–water partition coefficient (Wildman–Crippen LogP) is 18.0. The molecule has 0 aliphatic heterocycles. The second-order valence-corrected chi connectivity index (χ2v) is 32.0. The summed E-state index contributed by atoms with van der Waals surface area (Å²) < 4.78 is 37.4. The number of esters is 5. The van der Waals surface area contributed by atoms with Crippen LogP contribution in [0.3, 0.4) is 0 Å². The van der Waals surface area contributed by atoms with Crippen molar-refractivity contribution >= 4 is 60.3 Å². The first-order chi connectivity index (χ1) is 57.5. The van der Waals surface area contributed by atoms with Gasteiger partial charge in [0.05, 0.1) is 55.0 Å². The van der Waals surface area contributed by atoms with Crippen LogP contribution in [0.1, 0.15) is 225 Å². The van der Waals surface area contributed by atoms with Crippen molar-refractivity contribution in [2.75, 3.05) is 19.8 Å². The third-order valence-electron chi connectivity index (χ3n) is 24.0. The zero-order valence-electron chi connectivity index (χ0n) is 69.1. The summed E-state index contributed by atoms with van der Waals surface area (Å²) in [5, 5.41) is 23.4. The van der Waals surface area contributed by atoms with Crippen molar-refractivity contribution < 1.29 is 86.5 Å². The molecule has 6 N–H and O–H groups in total. The van der Waals surface area contributed by atoms with Crippen molar-refractivity contribution in [2.24, 2.45) is 28.5 Å². The number of carbonyl (C=O) groups excluding carboxylic acids is 8. The summed E-state index contributed by atoms with van der Waals surface area (Å²) in [6, 6.07) is 57.1. The van der Waals surface area contributed by atoms with E-state index in [1.54, 1.807) is 99.6 Å². The number of fused-ring (bicyclic) bond motifs is 12. The third-order valence-corrected chi connectivity index (χ3v) is 24.0. The standard InChI is InChI=1S/C35H39NO6.C27H33NO4.C24H29NO3.C10H9NO3.CH2O2/c1-3-40-33(38)26-15-13-24(14-16-26)20-31(37)42-29-18-17-27-21-28-12-8-5-9-19-35(2,30(27)22-29)32(28)36-34(39)41-23-25-10-6-4-7-11-25;1-3-31-26(30)19-10-8-18(9-11-19)15-24(29)32-22-13-12-20-16-21-7-5-4-6-14-27(2,25(21)28)23(20)17-22;1-24-13-7-3-6-10-19(14-18-11-12-20(26)15-21(18)24)22(24)25-23(27)28-16-17-8-4-2-5-9-17;1-2-14-10(13)8-3-5-9(6-4-8)11-7-12;2-1-3/h4,6-7,10-11,13-18,22,28,32H,3,5,8-9,12,19-21,23H2,1-2H3,(H,36,39);8-13,17,21,25H,3-7,14-16,28H2,1-2H3;2,4-5,8-9,11-12,15,19,22,26H,3,6-7,10,13-14,16H2,1H3,(H,25,27);3-6H,2H2,1H3;1H,(H,2,3)/t28-,32-,35+;21-,25-,27+;19-,22-,24+;;/m000../s1. The number of nitrogens with two attached hydrogens (primary N) is 1. The van der Waals surface area contributed by atoms with Gasteiger partial charge in [0.25, 0.3) is 6.47 Å². The lowest BCUT2D eigenvalue weighted by atomic mass is 9.59. The maximum atomic E-state index is 13.0. The summed E-state index contributed by atoms with van der Waals surface area (Å²) in [4.78, 5) is 108. The number of alkyl carbamates (subject to hydrolysis) is 2. The Balaban J connectivity index is 0.000000173. The van der Waals surface area contributed by atoms with Gasteiger partial charge in [0, 0.05) is 34.4 Å². The van der Waals surface area contributed by atoms with E-state index in [9.17, 15) is 43.5 Å². The molecule has 2 amide bonds. The number of isocyanates is 1. The number of phenolic OH excluding ortho intramolecular Hbond substituents is 1. The highest BCUT2D eigenvalue weighted by atomic mass is 16.6.